The first-order valence-electron chi connectivity index (χ1n) is 16.6. The third kappa shape index (κ3) is 8.16. The summed E-state index contributed by atoms with van der Waals surface area (Å²) in [6.45, 7) is 17.9. The third-order valence-corrected chi connectivity index (χ3v) is 9.78. The van der Waals surface area contributed by atoms with Crippen LogP contribution in [0.4, 0.5) is 0 Å². The van der Waals surface area contributed by atoms with Crippen LogP contribution in [-0.4, -0.2) is 10.7 Å². The van der Waals surface area contributed by atoms with Crippen LogP contribution in [0.2, 0.25) is 0 Å². The van der Waals surface area contributed by atoms with E-state index in [0.717, 1.165) is 59.5 Å². The first-order chi connectivity index (χ1) is 20.4. The summed E-state index contributed by atoms with van der Waals surface area (Å²) in [6, 6.07) is 4.48. The van der Waals surface area contributed by atoms with Crippen molar-refractivity contribution in [2.24, 2.45) is 17.8 Å². The van der Waals surface area contributed by atoms with Gasteiger partial charge in [-0.1, -0.05) is 72.6 Å². The largest absolute Gasteiger partial charge is 0.508 e. The molecule has 0 unspecified atom stereocenters. The lowest BCUT2D eigenvalue weighted by Gasteiger charge is -2.38. The van der Waals surface area contributed by atoms with E-state index < -0.39 is 0 Å². The van der Waals surface area contributed by atoms with Gasteiger partial charge in [-0.3, -0.25) is 4.79 Å². The zero-order chi connectivity index (χ0) is 31.3. The smallest absolute Gasteiger partial charge is 0.235 e. The van der Waals surface area contributed by atoms with Crippen molar-refractivity contribution in [2.45, 2.75) is 132 Å². The van der Waals surface area contributed by atoms with Crippen LogP contribution in [-0.2, 0) is 6.42 Å². The summed E-state index contributed by atoms with van der Waals surface area (Å²) in [5.41, 5.74) is 4.11. The van der Waals surface area contributed by atoms with Gasteiger partial charge in [-0.15, -0.1) is 0 Å². The standard InChI is InChI=1S/C38H54O5/c1-24(2)12-9-13-25(3)14-10-15-26(4)16-11-20-38(8)21-19-31-29(7)36(27(5)28(6)37(31)43-38)42-34-23-41-33-22-30(39)17-18-32(33)35(34)40/h17-18,22-26,39H,9-16,19-21H2,1-8H3/t25-,26+,38+/m0/s1. The Morgan fingerprint density at radius 3 is 2.23 bits per heavy atom. The maximum atomic E-state index is 13.1. The van der Waals surface area contributed by atoms with E-state index in [1.165, 1.54) is 75.3 Å². The second-order valence-corrected chi connectivity index (χ2v) is 14.1. The summed E-state index contributed by atoms with van der Waals surface area (Å²) in [4.78, 5) is 13.1. The Bertz CT molecular complexity index is 1450. The lowest BCUT2D eigenvalue weighted by molar-refractivity contribution is 0.0512. The molecule has 1 aliphatic heterocycles. The highest BCUT2D eigenvalue weighted by Crippen LogP contribution is 2.46. The first-order valence-corrected chi connectivity index (χ1v) is 16.6. The molecule has 43 heavy (non-hydrogen) atoms. The van der Waals surface area contributed by atoms with Gasteiger partial charge in [0.15, 0.2) is 0 Å². The van der Waals surface area contributed by atoms with Crippen molar-refractivity contribution in [3.8, 4) is 23.0 Å². The summed E-state index contributed by atoms with van der Waals surface area (Å²) in [5, 5.41) is 10.1. The Balaban J connectivity index is 1.35. The summed E-state index contributed by atoms with van der Waals surface area (Å²) < 4.78 is 18.7. The SMILES string of the molecule is Cc1c(C)c2c(c(C)c1Oc1coc3cc(O)ccc3c1=O)CC[C@@](C)(CCC[C@H](C)CCC[C@@H](C)CCCC(C)C)O2. The van der Waals surface area contributed by atoms with E-state index in [1.54, 1.807) is 6.07 Å². The molecule has 0 fully saturated rings. The number of aromatic hydroxyl groups is 1. The number of phenolic OH excluding ortho intramolecular Hbond substituents is 1. The van der Waals surface area contributed by atoms with Gasteiger partial charge >= 0.3 is 0 Å². The van der Waals surface area contributed by atoms with Crippen LogP contribution >= 0.6 is 0 Å². The van der Waals surface area contributed by atoms with Gasteiger partial charge in [0.1, 0.15) is 34.7 Å². The quantitative estimate of drug-likeness (QED) is 0.202. The number of benzene rings is 2. The minimum Gasteiger partial charge on any atom is -0.508 e. The molecule has 0 radical (unpaired) electrons. The molecule has 5 nitrogen and oxygen atoms in total. The van der Waals surface area contributed by atoms with Crippen molar-refractivity contribution in [1.82, 2.24) is 0 Å². The van der Waals surface area contributed by atoms with Crippen LogP contribution < -0.4 is 14.9 Å². The highest BCUT2D eigenvalue weighted by molar-refractivity contribution is 5.79. The minimum absolute atomic E-state index is 0.0516. The third-order valence-electron chi connectivity index (χ3n) is 9.78. The van der Waals surface area contributed by atoms with Gasteiger partial charge in [0.25, 0.3) is 0 Å². The van der Waals surface area contributed by atoms with Gasteiger partial charge in [0.05, 0.1) is 5.39 Å². The van der Waals surface area contributed by atoms with Crippen LogP contribution in [0.1, 0.15) is 121 Å². The van der Waals surface area contributed by atoms with Gasteiger partial charge in [-0.2, -0.15) is 0 Å². The fourth-order valence-electron chi connectivity index (χ4n) is 6.69. The molecule has 2 aromatic carbocycles. The summed E-state index contributed by atoms with van der Waals surface area (Å²) in [5.74, 6) is 4.29. The Morgan fingerprint density at radius 2 is 1.56 bits per heavy atom. The molecule has 0 saturated heterocycles. The number of hydrogen-bond acceptors (Lipinski definition) is 5. The Kier molecular flexibility index (Phi) is 10.9. The maximum absolute atomic E-state index is 13.1. The molecule has 1 N–H and O–H groups in total. The highest BCUT2D eigenvalue weighted by Gasteiger charge is 2.34. The van der Waals surface area contributed by atoms with Crippen molar-refractivity contribution >= 4 is 11.0 Å². The molecule has 3 atom stereocenters. The molecule has 4 rings (SSSR count). The average molecular weight is 591 g/mol. The molecule has 1 aromatic heterocycles. The van der Waals surface area contributed by atoms with E-state index in [1.807, 2.05) is 6.92 Å². The lowest BCUT2D eigenvalue weighted by Crippen LogP contribution is -2.37. The van der Waals surface area contributed by atoms with Gasteiger partial charge < -0.3 is 19.0 Å². The highest BCUT2D eigenvalue weighted by atomic mass is 16.5. The topological polar surface area (TPSA) is 68.9 Å². The first kappa shape index (κ1) is 33.0. The van der Waals surface area contributed by atoms with Crippen molar-refractivity contribution < 1.29 is 19.0 Å². The summed E-state index contributed by atoms with van der Waals surface area (Å²) in [6.07, 6.45) is 14.9. The summed E-state index contributed by atoms with van der Waals surface area (Å²) in [7, 11) is 0. The number of fused-ring (bicyclic) bond motifs is 2. The van der Waals surface area contributed by atoms with Gasteiger partial charge in [0, 0.05) is 11.6 Å². The van der Waals surface area contributed by atoms with Crippen LogP contribution in [0.25, 0.3) is 11.0 Å². The predicted molar refractivity (Wildman–Crippen MR) is 177 cm³/mol. The lowest BCUT2D eigenvalue weighted by atomic mass is 9.83. The molecule has 0 spiro atoms. The molecule has 236 valence electrons. The normalized spacial score (nSPS) is 18.0. The number of ether oxygens (including phenoxy) is 2. The zero-order valence-corrected chi connectivity index (χ0v) is 27.9. The van der Waals surface area contributed by atoms with E-state index in [9.17, 15) is 9.90 Å². The van der Waals surface area contributed by atoms with Gasteiger partial charge in [0.2, 0.25) is 11.2 Å². The second kappa shape index (κ2) is 14.2. The zero-order valence-electron chi connectivity index (χ0n) is 27.9. The number of rotatable bonds is 14. The van der Waals surface area contributed by atoms with Crippen LogP contribution in [0.15, 0.2) is 33.7 Å². The molecule has 1 aliphatic rings. The monoisotopic (exact) mass is 590 g/mol. The molecular weight excluding hydrogens is 536 g/mol. The minimum atomic E-state index is -0.260. The predicted octanol–water partition coefficient (Wildman–Crippen LogP) is 10.7. The molecular formula is C38H54O5. The van der Waals surface area contributed by atoms with Crippen molar-refractivity contribution in [3.05, 3.63) is 56.9 Å². The Morgan fingerprint density at radius 1 is 0.907 bits per heavy atom. The molecule has 0 saturated carbocycles. The van der Waals surface area contributed by atoms with E-state index in [2.05, 4.69) is 48.5 Å². The summed E-state index contributed by atoms with van der Waals surface area (Å²) >= 11 is 0. The van der Waals surface area contributed by atoms with Gasteiger partial charge in [-0.05, 0) is 100.0 Å². The molecule has 3 aromatic rings. The molecule has 0 aliphatic carbocycles. The van der Waals surface area contributed by atoms with Crippen LogP contribution in [0, 0.1) is 38.5 Å². The van der Waals surface area contributed by atoms with Crippen LogP contribution in [0.5, 0.6) is 23.0 Å². The molecule has 0 bridgehead atoms. The van der Waals surface area contributed by atoms with Crippen molar-refractivity contribution in [1.29, 1.82) is 0 Å². The molecule has 5 heteroatoms. The fourth-order valence-corrected chi connectivity index (χ4v) is 6.69. The van der Waals surface area contributed by atoms with Crippen molar-refractivity contribution in [3.63, 3.8) is 0 Å². The number of phenols is 1. The number of hydrogen-bond donors (Lipinski definition) is 1. The van der Waals surface area contributed by atoms with E-state index >= 15 is 0 Å². The Hall–Kier alpha value is -2.95. The van der Waals surface area contributed by atoms with Gasteiger partial charge in [-0.25, -0.2) is 0 Å². The van der Waals surface area contributed by atoms with Crippen LogP contribution in [0.3, 0.4) is 0 Å². The fraction of sp³-hybridized carbons (Fsp3) is 0.605. The van der Waals surface area contributed by atoms with E-state index in [-0.39, 0.29) is 22.5 Å². The molecule has 0 amide bonds. The van der Waals surface area contributed by atoms with E-state index in [4.69, 9.17) is 13.9 Å². The molecule has 2 heterocycles. The van der Waals surface area contributed by atoms with E-state index in [0.29, 0.717) is 16.7 Å². The Labute approximate surface area is 259 Å². The maximum Gasteiger partial charge on any atom is 0.235 e. The average Bonchev–Trinajstić information content (AvgIpc) is 2.95. The van der Waals surface area contributed by atoms with Crippen molar-refractivity contribution in [2.75, 3.05) is 0 Å². The second-order valence-electron chi connectivity index (χ2n) is 14.1.